The number of piperazine rings is 1. The van der Waals surface area contributed by atoms with Gasteiger partial charge in [0.2, 0.25) is 0 Å². The molecule has 0 bridgehead atoms. The van der Waals surface area contributed by atoms with Crippen LogP contribution in [0.3, 0.4) is 0 Å². The van der Waals surface area contributed by atoms with E-state index in [1.807, 2.05) is 27.7 Å². The highest BCUT2D eigenvalue weighted by Gasteiger charge is 2.36. The summed E-state index contributed by atoms with van der Waals surface area (Å²) in [7, 11) is -3.48. The highest BCUT2D eigenvalue weighted by molar-refractivity contribution is 7.91. The molecule has 0 spiro atoms. The van der Waals surface area contributed by atoms with Gasteiger partial charge in [0.25, 0.3) is 10.0 Å². The van der Waals surface area contributed by atoms with E-state index in [4.69, 9.17) is 4.74 Å². The van der Waals surface area contributed by atoms with Crippen molar-refractivity contribution in [2.75, 3.05) is 19.6 Å². The highest BCUT2D eigenvalue weighted by Crippen LogP contribution is 2.25. The van der Waals surface area contributed by atoms with Crippen LogP contribution < -0.4 is 0 Å². The van der Waals surface area contributed by atoms with E-state index in [9.17, 15) is 13.2 Å². The smallest absolute Gasteiger partial charge is 0.410 e. The predicted molar refractivity (Wildman–Crippen MR) is 85.5 cm³/mol. The van der Waals surface area contributed by atoms with Gasteiger partial charge < -0.3 is 9.64 Å². The fourth-order valence-electron chi connectivity index (χ4n) is 2.32. The first kappa shape index (κ1) is 17.2. The fourth-order valence-corrected chi connectivity index (χ4v) is 5.05. The molecule has 22 heavy (non-hydrogen) atoms. The molecular formula is C14H22N2O4S2. The number of rotatable bonds is 2. The molecule has 1 aliphatic rings. The van der Waals surface area contributed by atoms with Gasteiger partial charge in [0.05, 0.1) is 0 Å². The maximum atomic E-state index is 12.6. The summed E-state index contributed by atoms with van der Waals surface area (Å²) in [6.45, 7) is 8.19. The number of nitrogens with zero attached hydrogens (tertiary/aromatic N) is 2. The Labute approximate surface area is 135 Å². The lowest BCUT2D eigenvalue weighted by atomic mass is 10.2. The van der Waals surface area contributed by atoms with Crippen LogP contribution in [-0.4, -0.2) is 55.0 Å². The average Bonchev–Trinajstić information content (AvgIpc) is 2.90. The molecular weight excluding hydrogens is 324 g/mol. The first-order chi connectivity index (χ1) is 10.1. The molecule has 0 saturated carbocycles. The van der Waals surface area contributed by atoms with E-state index in [0.717, 1.165) is 0 Å². The van der Waals surface area contributed by atoms with Crippen molar-refractivity contribution < 1.29 is 17.9 Å². The Bertz CT molecular complexity index is 620. The minimum Gasteiger partial charge on any atom is -0.444 e. The Hall–Kier alpha value is -1.12. The van der Waals surface area contributed by atoms with Crippen LogP contribution in [0.25, 0.3) is 0 Å². The molecule has 124 valence electrons. The van der Waals surface area contributed by atoms with Crippen molar-refractivity contribution in [3.05, 3.63) is 17.5 Å². The van der Waals surface area contributed by atoms with Crippen molar-refractivity contribution in [3.8, 4) is 0 Å². The van der Waals surface area contributed by atoms with E-state index in [1.165, 1.54) is 15.6 Å². The number of carbonyl (C=O) groups is 1. The molecule has 2 heterocycles. The number of hydrogen-bond acceptors (Lipinski definition) is 5. The SMILES string of the molecule is C[C@@H]1CN(C(=O)OC(C)(C)C)CCN1S(=O)(=O)c1cccs1. The van der Waals surface area contributed by atoms with Crippen LogP contribution >= 0.6 is 11.3 Å². The van der Waals surface area contributed by atoms with Crippen LogP contribution in [0.2, 0.25) is 0 Å². The lowest BCUT2D eigenvalue weighted by Crippen LogP contribution is -2.55. The summed E-state index contributed by atoms with van der Waals surface area (Å²) in [5.41, 5.74) is -0.555. The third-order valence-electron chi connectivity index (χ3n) is 3.28. The minimum atomic E-state index is -3.48. The van der Waals surface area contributed by atoms with Gasteiger partial charge in [-0.05, 0) is 39.1 Å². The minimum absolute atomic E-state index is 0.278. The lowest BCUT2D eigenvalue weighted by Gasteiger charge is -2.39. The lowest BCUT2D eigenvalue weighted by molar-refractivity contribution is 0.0143. The van der Waals surface area contributed by atoms with Crippen LogP contribution in [0, 0.1) is 0 Å². The fraction of sp³-hybridized carbons (Fsp3) is 0.643. The molecule has 6 nitrogen and oxygen atoms in total. The van der Waals surface area contributed by atoms with Gasteiger partial charge in [0.1, 0.15) is 9.81 Å². The third-order valence-corrected chi connectivity index (χ3v) is 6.66. The van der Waals surface area contributed by atoms with Gasteiger partial charge in [-0.25, -0.2) is 13.2 Å². The topological polar surface area (TPSA) is 66.9 Å². The molecule has 0 N–H and O–H groups in total. The van der Waals surface area contributed by atoms with E-state index in [1.54, 1.807) is 22.4 Å². The monoisotopic (exact) mass is 346 g/mol. The molecule has 1 atom stereocenters. The first-order valence-electron chi connectivity index (χ1n) is 7.14. The molecule has 1 aromatic heterocycles. The standard InChI is InChI=1S/C14H22N2O4S2/c1-11-10-15(13(17)20-14(2,3)4)7-8-16(11)22(18,19)12-6-5-9-21-12/h5-6,9,11H,7-8,10H2,1-4H3/t11-/m1/s1. The highest BCUT2D eigenvalue weighted by atomic mass is 32.2. The second-order valence-electron chi connectivity index (χ2n) is 6.32. The summed E-state index contributed by atoms with van der Waals surface area (Å²) >= 11 is 1.21. The molecule has 1 fully saturated rings. The second-order valence-corrected chi connectivity index (χ2v) is 9.39. The van der Waals surface area contributed by atoms with Crippen molar-refractivity contribution in [1.82, 2.24) is 9.21 Å². The maximum absolute atomic E-state index is 12.6. The Morgan fingerprint density at radius 3 is 2.55 bits per heavy atom. The molecule has 0 aromatic carbocycles. The van der Waals surface area contributed by atoms with E-state index in [0.29, 0.717) is 17.3 Å². The van der Waals surface area contributed by atoms with Gasteiger partial charge in [0.15, 0.2) is 0 Å². The Kier molecular flexibility index (Phi) is 4.84. The van der Waals surface area contributed by atoms with Crippen LogP contribution in [-0.2, 0) is 14.8 Å². The van der Waals surface area contributed by atoms with Crippen LogP contribution in [0.1, 0.15) is 27.7 Å². The zero-order chi connectivity index (χ0) is 16.5. The van der Waals surface area contributed by atoms with E-state index < -0.39 is 21.7 Å². The number of hydrogen-bond donors (Lipinski definition) is 0. The Morgan fingerprint density at radius 2 is 2.05 bits per heavy atom. The summed E-state index contributed by atoms with van der Waals surface area (Å²) in [4.78, 5) is 13.6. The van der Waals surface area contributed by atoms with E-state index in [-0.39, 0.29) is 12.6 Å². The van der Waals surface area contributed by atoms with Crippen molar-refractivity contribution >= 4 is 27.5 Å². The second kappa shape index (κ2) is 6.17. The van der Waals surface area contributed by atoms with Crippen LogP contribution in [0.4, 0.5) is 4.79 Å². The van der Waals surface area contributed by atoms with Crippen molar-refractivity contribution in [2.24, 2.45) is 0 Å². The predicted octanol–water partition coefficient (Wildman–Crippen LogP) is 2.38. The summed E-state index contributed by atoms with van der Waals surface area (Å²) < 4.78 is 32.3. The molecule has 1 aliphatic heterocycles. The van der Waals surface area contributed by atoms with Crippen LogP contribution in [0.15, 0.2) is 21.7 Å². The van der Waals surface area contributed by atoms with Crippen molar-refractivity contribution in [1.29, 1.82) is 0 Å². The summed E-state index contributed by atoms with van der Waals surface area (Å²) in [5, 5.41) is 1.74. The van der Waals surface area contributed by atoms with Crippen molar-refractivity contribution in [3.63, 3.8) is 0 Å². The maximum Gasteiger partial charge on any atom is 0.410 e. The quantitative estimate of drug-likeness (QED) is 0.824. The molecule has 2 rings (SSSR count). The van der Waals surface area contributed by atoms with Gasteiger partial charge in [0, 0.05) is 25.7 Å². The first-order valence-corrected chi connectivity index (χ1v) is 9.46. The molecule has 1 saturated heterocycles. The molecule has 8 heteroatoms. The number of thiophene rings is 1. The average molecular weight is 346 g/mol. The van der Waals surface area contributed by atoms with Gasteiger partial charge in [-0.15, -0.1) is 11.3 Å². The molecule has 0 radical (unpaired) electrons. The third kappa shape index (κ3) is 3.80. The Morgan fingerprint density at radius 1 is 1.36 bits per heavy atom. The van der Waals surface area contributed by atoms with E-state index >= 15 is 0 Å². The normalized spacial score (nSPS) is 20.9. The van der Waals surface area contributed by atoms with Crippen molar-refractivity contribution in [2.45, 2.75) is 43.5 Å². The van der Waals surface area contributed by atoms with Gasteiger partial charge in [-0.1, -0.05) is 6.07 Å². The van der Waals surface area contributed by atoms with E-state index in [2.05, 4.69) is 0 Å². The molecule has 0 unspecified atom stereocenters. The largest absolute Gasteiger partial charge is 0.444 e. The number of ether oxygens (including phenoxy) is 1. The summed E-state index contributed by atoms with van der Waals surface area (Å²) in [5.74, 6) is 0. The Balaban J connectivity index is 2.06. The zero-order valence-corrected chi connectivity index (χ0v) is 14.9. The van der Waals surface area contributed by atoms with Gasteiger partial charge >= 0.3 is 6.09 Å². The number of carbonyl (C=O) groups excluding carboxylic acids is 1. The summed E-state index contributed by atoms with van der Waals surface area (Å²) in [6.07, 6.45) is -0.396. The van der Waals surface area contributed by atoms with Crippen LogP contribution in [0.5, 0.6) is 0 Å². The summed E-state index contributed by atoms with van der Waals surface area (Å²) in [6, 6.07) is 3.04. The number of amides is 1. The molecule has 1 aromatic rings. The number of sulfonamides is 1. The zero-order valence-electron chi connectivity index (χ0n) is 13.3. The molecule has 1 amide bonds. The van der Waals surface area contributed by atoms with Gasteiger partial charge in [-0.2, -0.15) is 4.31 Å². The molecule has 0 aliphatic carbocycles. The van der Waals surface area contributed by atoms with Gasteiger partial charge in [-0.3, -0.25) is 0 Å².